The van der Waals surface area contributed by atoms with Gasteiger partial charge in [-0.25, -0.2) is 0 Å². The standard InChI is InChI=1S/C17H23N3/c1-4-10-18-17-9-8-14-13(6-5-7-15(14)17)16-11-20(3)19-12(16)2/h5-7,11,17-18H,4,8-10H2,1-3H3. The summed E-state index contributed by atoms with van der Waals surface area (Å²) in [5.74, 6) is 0. The number of rotatable bonds is 4. The number of hydrogen-bond donors (Lipinski definition) is 1. The number of fused-ring (bicyclic) bond motifs is 1. The van der Waals surface area contributed by atoms with Gasteiger partial charge >= 0.3 is 0 Å². The first-order chi connectivity index (χ1) is 9.70. The normalized spacial score (nSPS) is 17.4. The average molecular weight is 269 g/mol. The van der Waals surface area contributed by atoms with E-state index in [9.17, 15) is 0 Å². The molecule has 1 aliphatic rings. The maximum Gasteiger partial charge on any atom is 0.0672 e. The van der Waals surface area contributed by atoms with Crippen LogP contribution in [0.3, 0.4) is 0 Å². The van der Waals surface area contributed by atoms with Gasteiger partial charge in [-0.05, 0) is 49.4 Å². The fourth-order valence-corrected chi connectivity index (χ4v) is 3.30. The second-order valence-electron chi connectivity index (χ2n) is 5.72. The maximum atomic E-state index is 4.48. The van der Waals surface area contributed by atoms with Crippen LogP contribution in [-0.2, 0) is 13.5 Å². The van der Waals surface area contributed by atoms with Gasteiger partial charge in [-0.3, -0.25) is 4.68 Å². The molecule has 106 valence electrons. The van der Waals surface area contributed by atoms with Crippen molar-refractivity contribution in [3.05, 3.63) is 41.2 Å². The molecule has 0 fully saturated rings. The van der Waals surface area contributed by atoms with Crippen LogP contribution in [0.1, 0.15) is 42.6 Å². The molecule has 3 nitrogen and oxygen atoms in total. The van der Waals surface area contributed by atoms with Crippen LogP contribution in [0.25, 0.3) is 11.1 Å². The summed E-state index contributed by atoms with van der Waals surface area (Å²) in [6.07, 6.45) is 5.71. The van der Waals surface area contributed by atoms with E-state index in [-0.39, 0.29) is 0 Å². The molecule has 20 heavy (non-hydrogen) atoms. The van der Waals surface area contributed by atoms with Gasteiger partial charge in [0.1, 0.15) is 0 Å². The lowest BCUT2D eigenvalue weighted by molar-refractivity contribution is 0.529. The first kappa shape index (κ1) is 13.4. The molecule has 0 bridgehead atoms. The molecule has 1 aliphatic carbocycles. The molecule has 0 saturated heterocycles. The predicted octanol–water partition coefficient (Wildman–Crippen LogP) is 3.38. The van der Waals surface area contributed by atoms with Crippen molar-refractivity contribution in [2.45, 2.75) is 39.2 Å². The number of nitrogens with one attached hydrogen (secondary N) is 1. The van der Waals surface area contributed by atoms with Crippen molar-refractivity contribution in [3.8, 4) is 11.1 Å². The Bertz CT molecular complexity index is 613. The van der Waals surface area contributed by atoms with Gasteiger partial charge in [0.25, 0.3) is 0 Å². The Hall–Kier alpha value is -1.61. The third-order valence-corrected chi connectivity index (χ3v) is 4.22. The molecule has 0 amide bonds. The Kier molecular flexibility index (Phi) is 3.62. The molecule has 3 heteroatoms. The summed E-state index contributed by atoms with van der Waals surface area (Å²) in [6, 6.07) is 7.24. The SMILES string of the molecule is CCCNC1CCc2c(-c3cn(C)nc3C)cccc21. The van der Waals surface area contributed by atoms with Crippen LogP contribution < -0.4 is 5.32 Å². The number of benzene rings is 1. The number of aryl methyl sites for hydroxylation is 2. The highest BCUT2D eigenvalue weighted by atomic mass is 15.2. The van der Waals surface area contributed by atoms with Crippen molar-refractivity contribution in [3.63, 3.8) is 0 Å². The zero-order valence-corrected chi connectivity index (χ0v) is 12.6. The quantitative estimate of drug-likeness (QED) is 0.922. The lowest BCUT2D eigenvalue weighted by atomic mass is 9.97. The minimum absolute atomic E-state index is 0.530. The van der Waals surface area contributed by atoms with Crippen molar-refractivity contribution in [2.24, 2.45) is 7.05 Å². The zero-order valence-electron chi connectivity index (χ0n) is 12.6. The van der Waals surface area contributed by atoms with E-state index >= 15 is 0 Å². The molecule has 1 atom stereocenters. The van der Waals surface area contributed by atoms with E-state index in [0.29, 0.717) is 6.04 Å². The fraction of sp³-hybridized carbons (Fsp3) is 0.471. The van der Waals surface area contributed by atoms with E-state index < -0.39 is 0 Å². The summed E-state index contributed by atoms with van der Waals surface area (Å²) in [5, 5.41) is 8.15. The highest BCUT2D eigenvalue weighted by Crippen LogP contribution is 2.38. The Labute approximate surface area is 121 Å². The van der Waals surface area contributed by atoms with Gasteiger partial charge in [0.2, 0.25) is 0 Å². The van der Waals surface area contributed by atoms with E-state index in [0.717, 1.165) is 12.2 Å². The summed E-state index contributed by atoms with van der Waals surface area (Å²) in [5.41, 5.74) is 6.76. The molecule has 1 aromatic heterocycles. The Morgan fingerprint density at radius 2 is 2.20 bits per heavy atom. The van der Waals surface area contributed by atoms with E-state index in [1.807, 2.05) is 11.7 Å². The zero-order chi connectivity index (χ0) is 14.1. The molecule has 0 aliphatic heterocycles. The molecule has 1 aromatic carbocycles. The lowest BCUT2D eigenvalue weighted by Gasteiger charge is -2.14. The third-order valence-electron chi connectivity index (χ3n) is 4.22. The van der Waals surface area contributed by atoms with Crippen LogP contribution in [0.2, 0.25) is 0 Å². The molecule has 1 unspecified atom stereocenters. The summed E-state index contributed by atoms with van der Waals surface area (Å²) in [4.78, 5) is 0. The third kappa shape index (κ3) is 2.27. The molecule has 2 aromatic rings. The van der Waals surface area contributed by atoms with Crippen molar-refractivity contribution < 1.29 is 0 Å². The number of aromatic nitrogens is 2. The van der Waals surface area contributed by atoms with Crippen LogP contribution in [0.4, 0.5) is 0 Å². The molecule has 1 heterocycles. The van der Waals surface area contributed by atoms with Gasteiger partial charge in [0.05, 0.1) is 5.69 Å². The summed E-state index contributed by atoms with van der Waals surface area (Å²) < 4.78 is 1.91. The topological polar surface area (TPSA) is 29.9 Å². The lowest BCUT2D eigenvalue weighted by Crippen LogP contribution is -2.19. The Balaban J connectivity index is 1.99. The first-order valence-corrected chi connectivity index (χ1v) is 7.56. The van der Waals surface area contributed by atoms with Crippen LogP contribution in [0.15, 0.2) is 24.4 Å². The molecule has 1 N–H and O–H groups in total. The molecule has 0 spiro atoms. The van der Waals surface area contributed by atoms with Crippen molar-refractivity contribution in [1.82, 2.24) is 15.1 Å². The predicted molar refractivity (Wildman–Crippen MR) is 82.7 cm³/mol. The molecular formula is C17H23N3. The highest BCUT2D eigenvalue weighted by Gasteiger charge is 2.25. The first-order valence-electron chi connectivity index (χ1n) is 7.56. The molecular weight excluding hydrogens is 246 g/mol. The van der Waals surface area contributed by atoms with E-state index in [4.69, 9.17) is 0 Å². The van der Waals surface area contributed by atoms with Crippen molar-refractivity contribution >= 4 is 0 Å². The van der Waals surface area contributed by atoms with Gasteiger partial charge < -0.3 is 5.32 Å². The maximum absolute atomic E-state index is 4.48. The van der Waals surface area contributed by atoms with E-state index in [2.05, 4.69) is 48.7 Å². The van der Waals surface area contributed by atoms with Gasteiger partial charge in [0, 0.05) is 24.8 Å². The summed E-state index contributed by atoms with van der Waals surface area (Å²) >= 11 is 0. The van der Waals surface area contributed by atoms with Crippen LogP contribution in [0.5, 0.6) is 0 Å². The van der Waals surface area contributed by atoms with Crippen molar-refractivity contribution in [2.75, 3.05) is 6.54 Å². The second kappa shape index (κ2) is 5.41. The summed E-state index contributed by atoms with van der Waals surface area (Å²) in [7, 11) is 1.99. The smallest absolute Gasteiger partial charge is 0.0672 e. The number of nitrogens with zero attached hydrogens (tertiary/aromatic N) is 2. The van der Waals surface area contributed by atoms with Gasteiger partial charge in [-0.1, -0.05) is 25.1 Å². The monoisotopic (exact) mass is 269 g/mol. The summed E-state index contributed by atoms with van der Waals surface area (Å²) in [6.45, 7) is 5.41. The second-order valence-corrected chi connectivity index (χ2v) is 5.72. The van der Waals surface area contributed by atoms with E-state index in [1.165, 1.54) is 41.5 Å². The van der Waals surface area contributed by atoms with Gasteiger partial charge in [-0.15, -0.1) is 0 Å². The van der Waals surface area contributed by atoms with Crippen LogP contribution in [-0.4, -0.2) is 16.3 Å². The highest BCUT2D eigenvalue weighted by molar-refractivity contribution is 5.71. The van der Waals surface area contributed by atoms with Crippen LogP contribution in [0, 0.1) is 6.92 Å². The largest absolute Gasteiger partial charge is 0.310 e. The number of hydrogen-bond acceptors (Lipinski definition) is 2. The molecule has 0 saturated carbocycles. The Morgan fingerprint density at radius 1 is 1.35 bits per heavy atom. The molecule has 3 rings (SSSR count). The average Bonchev–Trinajstić information content (AvgIpc) is 2.99. The minimum Gasteiger partial charge on any atom is -0.310 e. The van der Waals surface area contributed by atoms with Gasteiger partial charge in [0.15, 0.2) is 0 Å². The Morgan fingerprint density at radius 3 is 2.90 bits per heavy atom. The molecule has 0 radical (unpaired) electrons. The van der Waals surface area contributed by atoms with Crippen LogP contribution >= 0.6 is 0 Å². The van der Waals surface area contributed by atoms with Crippen molar-refractivity contribution in [1.29, 1.82) is 0 Å². The fourth-order valence-electron chi connectivity index (χ4n) is 3.30. The van der Waals surface area contributed by atoms with E-state index in [1.54, 1.807) is 0 Å². The minimum atomic E-state index is 0.530. The van der Waals surface area contributed by atoms with Gasteiger partial charge in [-0.2, -0.15) is 5.10 Å².